The molecular formula is C26H24N4O3S2. The van der Waals surface area contributed by atoms with E-state index in [1.807, 2.05) is 24.3 Å². The second kappa shape index (κ2) is 11.2. The Morgan fingerprint density at radius 2 is 1.86 bits per heavy atom. The average molecular weight is 505 g/mol. The van der Waals surface area contributed by atoms with E-state index in [-0.39, 0.29) is 17.3 Å². The monoisotopic (exact) mass is 504 g/mol. The predicted molar refractivity (Wildman–Crippen MR) is 145 cm³/mol. The number of thioether (sulfide) groups is 1. The number of aromatic nitrogens is 1. The zero-order valence-electron chi connectivity index (χ0n) is 19.4. The number of amides is 1. The first-order chi connectivity index (χ1) is 17.0. The summed E-state index contributed by atoms with van der Waals surface area (Å²) in [4.78, 5) is 32.3. The smallest absolute Gasteiger partial charge is 0.270 e. The van der Waals surface area contributed by atoms with Crippen LogP contribution in [0.2, 0.25) is 0 Å². The fourth-order valence-electron chi connectivity index (χ4n) is 3.61. The quantitative estimate of drug-likeness (QED) is 0.117. The summed E-state index contributed by atoms with van der Waals surface area (Å²) in [5.74, 6) is 0.228. The number of nitrogens with one attached hydrogen (secondary N) is 1. The highest BCUT2D eigenvalue weighted by Gasteiger charge is 2.12. The molecule has 1 N–H and O–H groups in total. The molecule has 0 aliphatic rings. The van der Waals surface area contributed by atoms with Crippen LogP contribution in [-0.2, 0) is 17.6 Å². The van der Waals surface area contributed by atoms with E-state index in [1.54, 1.807) is 18.3 Å². The van der Waals surface area contributed by atoms with Crippen molar-refractivity contribution in [2.45, 2.75) is 31.0 Å². The van der Waals surface area contributed by atoms with Gasteiger partial charge >= 0.3 is 0 Å². The number of aliphatic imine (C=N–C) groups is 1. The van der Waals surface area contributed by atoms with E-state index < -0.39 is 4.92 Å². The molecule has 1 heterocycles. The Bertz CT molecular complexity index is 1390. The van der Waals surface area contributed by atoms with Gasteiger partial charge in [0.1, 0.15) is 0 Å². The number of nitrogens with zero attached hydrogens (tertiary/aromatic N) is 3. The van der Waals surface area contributed by atoms with Crippen molar-refractivity contribution >= 4 is 62.5 Å². The molecule has 0 aliphatic heterocycles. The third kappa shape index (κ3) is 6.12. The maximum absolute atomic E-state index is 12.7. The topological polar surface area (TPSA) is 97.5 Å². The van der Waals surface area contributed by atoms with E-state index in [0.29, 0.717) is 5.56 Å². The van der Waals surface area contributed by atoms with Crippen molar-refractivity contribution in [1.82, 2.24) is 4.98 Å². The van der Waals surface area contributed by atoms with Crippen LogP contribution in [0.1, 0.15) is 30.5 Å². The number of nitro groups is 1. The van der Waals surface area contributed by atoms with E-state index in [0.717, 1.165) is 49.9 Å². The Hall–Kier alpha value is -3.56. The Morgan fingerprint density at radius 3 is 2.57 bits per heavy atom. The number of thiazole rings is 1. The Kier molecular flexibility index (Phi) is 7.89. The molecule has 0 saturated heterocycles. The average Bonchev–Trinajstić information content (AvgIpc) is 3.28. The number of non-ortho nitro benzene ring substituents is 1. The van der Waals surface area contributed by atoms with Gasteiger partial charge in [0.15, 0.2) is 4.34 Å². The molecule has 9 heteroatoms. The lowest BCUT2D eigenvalue weighted by Gasteiger charge is -2.14. The summed E-state index contributed by atoms with van der Waals surface area (Å²) >= 11 is 2.93. The molecule has 0 unspecified atom stereocenters. The van der Waals surface area contributed by atoms with Crippen LogP contribution >= 0.6 is 23.1 Å². The summed E-state index contributed by atoms with van der Waals surface area (Å²) in [6.07, 6.45) is 3.33. The minimum atomic E-state index is -0.425. The number of fused-ring (bicyclic) bond motifs is 1. The summed E-state index contributed by atoms with van der Waals surface area (Å²) in [6, 6.07) is 18.1. The number of carbonyl (C=O) groups is 1. The van der Waals surface area contributed by atoms with Gasteiger partial charge in [0.25, 0.3) is 5.69 Å². The number of rotatable bonds is 9. The lowest BCUT2D eigenvalue weighted by Crippen LogP contribution is -2.16. The van der Waals surface area contributed by atoms with Gasteiger partial charge in [0, 0.05) is 24.0 Å². The van der Waals surface area contributed by atoms with Crippen LogP contribution in [0.25, 0.3) is 10.2 Å². The van der Waals surface area contributed by atoms with E-state index in [2.05, 4.69) is 41.3 Å². The van der Waals surface area contributed by atoms with Gasteiger partial charge in [-0.1, -0.05) is 55.9 Å². The molecule has 0 spiro atoms. The van der Waals surface area contributed by atoms with Crippen LogP contribution in [0.4, 0.5) is 17.1 Å². The second-order valence-electron chi connectivity index (χ2n) is 7.74. The van der Waals surface area contributed by atoms with E-state index in [9.17, 15) is 14.9 Å². The summed E-state index contributed by atoms with van der Waals surface area (Å²) < 4.78 is 1.78. The molecule has 0 saturated carbocycles. The fourth-order valence-corrected chi connectivity index (χ4v) is 5.51. The highest BCUT2D eigenvalue weighted by Crippen LogP contribution is 2.32. The molecule has 4 aromatic rings. The van der Waals surface area contributed by atoms with Gasteiger partial charge < -0.3 is 5.32 Å². The Balaban J connectivity index is 1.42. The number of hydrogen-bond donors (Lipinski definition) is 1. The lowest BCUT2D eigenvalue weighted by molar-refractivity contribution is -0.384. The van der Waals surface area contributed by atoms with Crippen molar-refractivity contribution in [2.75, 3.05) is 11.1 Å². The van der Waals surface area contributed by atoms with Crippen LogP contribution in [0.15, 0.2) is 70.0 Å². The van der Waals surface area contributed by atoms with Gasteiger partial charge in [-0.05, 0) is 47.7 Å². The Morgan fingerprint density at radius 1 is 1.11 bits per heavy atom. The third-order valence-electron chi connectivity index (χ3n) is 5.39. The normalized spacial score (nSPS) is 11.3. The summed E-state index contributed by atoms with van der Waals surface area (Å²) in [6.45, 7) is 4.17. The maximum atomic E-state index is 12.7. The Labute approximate surface area is 211 Å². The van der Waals surface area contributed by atoms with Crippen LogP contribution in [0.5, 0.6) is 0 Å². The van der Waals surface area contributed by atoms with Crippen molar-refractivity contribution < 1.29 is 9.72 Å². The van der Waals surface area contributed by atoms with Gasteiger partial charge in [-0.2, -0.15) is 0 Å². The molecule has 3 aromatic carbocycles. The van der Waals surface area contributed by atoms with Crippen molar-refractivity contribution in [3.8, 4) is 0 Å². The van der Waals surface area contributed by atoms with Crippen LogP contribution in [0.3, 0.4) is 0 Å². The standard InChI is InChI=1S/C26H24N4O3S2/c1-3-18-8-6-9-19(4-2)25(18)29-24(31)16-34-26-28-22-12-11-20(14-23(22)35-26)27-15-17-7-5-10-21(13-17)30(32)33/h5-15H,3-4,16H2,1-2H3,(H,29,31). The number of carbonyl (C=O) groups excluding carboxylic acids is 1. The fraction of sp³-hybridized carbons (Fsp3) is 0.192. The van der Waals surface area contributed by atoms with Crippen molar-refractivity contribution in [1.29, 1.82) is 0 Å². The van der Waals surface area contributed by atoms with Gasteiger partial charge in [-0.25, -0.2) is 4.98 Å². The number of nitro benzene ring substituents is 1. The van der Waals surface area contributed by atoms with E-state index in [4.69, 9.17) is 0 Å². The summed E-state index contributed by atoms with van der Waals surface area (Å²) in [5.41, 5.74) is 5.46. The van der Waals surface area contributed by atoms with Gasteiger partial charge in [-0.15, -0.1) is 11.3 Å². The predicted octanol–water partition coefficient (Wildman–Crippen LogP) is 6.81. The third-order valence-corrected chi connectivity index (χ3v) is 7.55. The summed E-state index contributed by atoms with van der Waals surface area (Å²) in [5, 5.41) is 14.0. The van der Waals surface area contributed by atoms with Crippen LogP contribution in [0, 0.1) is 10.1 Å². The van der Waals surface area contributed by atoms with Crippen molar-refractivity contribution in [3.63, 3.8) is 0 Å². The molecule has 178 valence electrons. The second-order valence-corrected chi connectivity index (χ2v) is 9.99. The molecule has 0 radical (unpaired) electrons. The zero-order valence-corrected chi connectivity index (χ0v) is 21.0. The van der Waals surface area contributed by atoms with Gasteiger partial charge in [0.05, 0.1) is 26.6 Å². The molecule has 0 atom stereocenters. The lowest BCUT2D eigenvalue weighted by atomic mass is 10.0. The minimum Gasteiger partial charge on any atom is -0.325 e. The zero-order chi connectivity index (χ0) is 24.8. The highest BCUT2D eigenvalue weighted by molar-refractivity contribution is 8.01. The number of anilines is 1. The molecule has 4 rings (SSSR count). The molecule has 1 amide bonds. The largest absolute Gasteiger partial charge is 0.325 e. The molecule has 0 bridgehead atoms. The van der Waals surface area contributed by atoms with Crippen LogP contribution in [-0.4, -0.2) is 27.8 Å². The minimum absolute atomic E-state index is 0.0293. The molecule has 7 nitrogen and oxygen atoms in total. The van der Waals surface area contributed by atoms with E-state index >= 15 is 0 Å². The molecule has 0 aliphatic carbocycles. The maximum Gasteiger partial charge on any atom is 0.270 e. The number of benzene rings is 3. The first-order valence-electron chi connectivity index (χ1n) is 11.2. The summed E-state index contributed by atoms with van der Waals surface area (Å²) in [7, 11) is 0. The SMILES string of the molecule is CCc1cccc(CC)c1NC(=O)CSc1nc2ccc(N=Cc3cccc([N+](=O)[O-])c3)cc2s1. The molecule has 1 aromatic heterocycles. The van der Waals surface area contributed by atoms with Crippen molar-refractivity contribution in [3.05, 3.63) is 87.5 Å². The first-order valence-corrected chi connectivity index (χ1v) is 13.0. The molecule has 35 heavy (non-hydrogen) atoms. The number of hydrogen-bond acceptors (Lipinski definition) is 7. The first kappa shape index (κ1) is 24.6. The highest BCUT2D eigenvalue weighted by atomic mass is 32.2. The van der Waals surface area contributed by atoms with Crippen molar-refractivity contribution in [2.24, 2.45) is 4.99 Å². The molecule has 0 fully saturated rings. The molecular weight excluding hydrogens is 480 g/mol. The van der Waals surface area contributed by atoms with Gasteiger partial charge in [0.2, 0.25) is 5.91 Å². The van der Waals surface area contributed by atoms with Gasteiger partial charge in [-0.3, -0.25) is 19.9 Å². The van der Waals surface area contributed by atoms with Crippen LogP contribution < -0.4 is 5.32 Å². The van der Waals surface area contributed by atoms with E-state index in [1.165, 1.54) is 35.2 Å². The number of aryl methyl sites for hydroxylation is 2. The number of para-hydroxylation sites is 1.